The summed E-state index contributed by atoms with van der Waals surface area (Å²) in [6.07, 6.45) is 1.07. The Morgan fingerprint density at radius 3 is 0.939 bits per heavy atom. The van der Waals surface area contributed by atoms with Crippen molar-refractivity contribution in [1.82, 2.24) is 0 Å². The Balaban J connectivity index is -0.000000453. The van der Waals surface area contributed by atoms with E-state index in [2.05, 4.69) is 41.5 Å². The first-order valence-electron chi connectivity index (χ1n) is 11.1. The van der Waals surface area contributed by atoms with Crippen LogP contribution in [-0.4, -0.2) is 104 Å². The van der Waals surface area contributed by atoms with Crippen molar-refractivity contribution in [1.29, 1.82) is 0 Å². The normalized spacial score (nSPS) is 12.9. The first kappa shape index (κ1) is 37.4. The topological polar surface area (TPSA) is 192 Å². The lowest BCUT2D eigenvalue weighted by Gasteiger charge is -2.35. The summed E-state index contributed by atoms with van der Waals surface area (Å²) < 4.78 is 69.8. The van der Waals surface area contributed by atoms with E-state index in [0.717, 1.165) is 61.3 Å². The highest BCUT2D eigenvalue weighted by Crippen LogP contribution is 2.11. The molecule has 0 aromatic heterocycles. The highest BCUT2D eigenvalue weighted by molar-refractivity contribution is 7.86. The van der Waals surface area contributed by atoms with Gasteiger partial charge in [-0.15, -0.1) is 0 Å². The highest BCUT2D eigenvalue weighted by Gasteiger charge is 2.21. The van der Waals surface area contributed by atoms with Crippen LogP contribution < -0.4 is 9.79 Å². The van der Waals surface area contributed by atoms with Gasteiger partial charge >= 0.3 is 0 Å². The van der Waals surface area contributed by atoms with Crippen molar-refractivity contribution in [3.63, 3.8) is 0 Å². The molecule has 0 atom stereocenters. The van der Waals surface area contributed by atoms with E-state index < -0.39 is 28.1 Å². The number of phosphoric acid groups is 1. The number of nitrogens with zero attached hydrogens (tertiary/aromatic N) is 2. The molecule has 204 valence electrons. The fourth-order valence-corrected chi connectivity index (χ4v) is 4.44. The van der Waals surface area contributed by atoms with Gasteiger partial charge in [-0.1, -0.05) is 0 Å². The molecular weight excluding hydrogens is 499 g/mol. The van der Waals surface area contributed by atoms with Gasteiger partial charge in [0.05, 0.1) is 71.7 Å². The fourth-order valence-electron chi connectivity index (χ4n) is 3.46. The smallest absolute Gasteiger partial charge is 0.265 e. The summed E-state index contributed by atoms with van der Waals surface area (Å²) >= 11 is 0. The molecule has 0 aromatic rings. The largest absolute Gasteiger partial charge is 0.790 e. The van der Waals surface area contributed by atoms with Crippen molar-refractivity contribution in [2.45, 2.75) is 54.4 Å². The number of hydrogen-bond donors (Lipinski definition) is 3. The van der Waals surface area contributed by atoms with E-state index in [9.17, 15) is 16.8 Å². The first-order valence-corrected chi connectivity index (χ1v) is 15.8. The van der Waals surface area contributed by atoms with Gasteiger partial charge < -0.3 is 28.2 Å². The van der Waals surface area contributed by atoms with Crippen LogP contribution >= 0.6 is 7.82 Å². The number of quaternary nitrogens is 2. The van der Waals surface area contributed by atoms with Crippen LogP contribution in [0.15, 0.2) is 0 Å². The van der Waals surface area contributed by atoms with E-state index in [0.29, 0.717) is 12.8 Å². The third-order valence-corrected chi connectivity index (χ3v) is 7.70. The molecule has 12 nitrogen and oxygen atoms in total. The van der Waals surface area contributed by atoms with Gasteiger partial charge in [-0.2, -0.15) is 16.8 Å². The molecule has 0 unspecified atom stereocenters. The van der Waals surface area contributed by atoms with Gasteiger partial charge in [0.25, 0.3) is 20.2 Å². The summed E-state index contributed by atoms with van der Waals surface area (Å²) in [5.74, 6) is -0.236. The maximum Gasteiger partial charge on any atom is 0.265 e. The minimum Gasteiger partial charge on any atom is -0.790 e. The summed E-state index contributed by atoms with van der Waals surface area (Å²) in [6.45, 7) is 20.4. The summed E-state index contributed by atoms with van der Waals surface area (Å²) in [7, 11) is -12.7. The van der Waals surface area contributed by atoms with Crippen molar-refractivity contribution in [2.75, 3.05) is 63.9 Å². The molecule has 0 aliphatic heterocycles. The second-order valence-corrected chi connectivity index (χ2v) is 11.9. The summed E-state index contributed by atoms with van der Waals surface area (Å²) in [5.41, 5.74) is 0. The van der Waals surface area contributed by atoms with Gasteiger partial charge in [0, 0.05) is 12.8 Å². The Bertz CT molecular complexity index is 667. The minimum atomic E-state index is -5.14. The quantitative estimate of drug-likeness (QED) is 0.153. The molecule has 0 saturated heterocycles. The van der Waals surface area contributed by atoms with Gasteiger partial charge in [-0.3, -0.25) is 9.11 Å². The molecule has 33 heavy (non-hydrogen) atoms. The van der Waals surface area contributed by atoms with Crippen LogP contribution in [0.25, 0.3) is 0 Å². The molecule has 3 N–H and O–H groups in total. The average Bonchev–Trinajstić information content (AvgIpc) is 2.67. The predicted octanol–water partition coefficient (Wildman–Crippen LogP) is 0.0890. The zero-order chi connectivity index (χ0) is 27.0. The Morgan fingerprint density at radius 2 is 0.818 bits per heavy atom. The lowest BCUT2D eigenvalue weighted by Crippen LogP contribution is -2.48. The van der Waals surface area contributed by atoms with E-state index in [4.69, 9.17) is 28.4 Å². The van der Waals surface area contributed by atoms with E-state index in [-0.39, 0.29) is 11.5 Å². The van der Waals surface area contributed by atoms with E-state index >= 15 is 0 Å². The van der Waals surface area contributed by atoms with Gasteiger partial charge in [-0.25, -0.2) is 0 Å². The van der Waals surface area contributed by atoms with Gasteiger partial charge in [0.1, 0.15) is 0 Å². The van der Waals surface area contributed by atoms with Gasteiger partial charge in [-0.05, 0) is 41.5 Å². The molecule has 15 heteroatoms. The highest BCUT2D eigenvalue weighted by atomic mass is 32.2. The monoisotopic (exact) mass is 544 g/mol. The Morgan fingerprint density at radius 1 is 0.636 bits per heavy atom. The van der Waals surface area contributed by atoms with Crippen molar-refractivity contribution in [3.05, 3.63) is 0 Å². The molecule has 0 aliphatic carbocycles. The molecule has 0 aromatic carbocycles. The molecule has 0 spiro atoms. The standard InChI is InChI=1S/2C9H21NO3S.H3O4P/c2*1-4-10(5-2,6-3)8-7-9-14(11,12)13;1-5(2,3)4/h2*4-9H2,1-3H3;(H3,1,2,3,4). The van der Waals surface area contributed by atoms with Crippen LogP contribution in [0, 0.1) is 0 Å². The summed E-state index contributed by atoms with van der Waals surface area (Å²) in [6, 6.07) is 0. The molecule has 0 saturated carbocycles. The lowest BCUT2D eigenvalue weighted by molar-refractivity contribution is -0.923. The number of rotatable bonds is 14. The van der Waals surface area contributed by atoms with Crippen molar-refractivity contribution in [3.8, 4) is 0 Å². The molecule has 0 radical (unpaired) electrons. The molecule has 0 fully saturated rings. The van der Waals surface area contributed by atoms with E-state index in [1.807, 2.05) is 0 Å². The second kappa shape index (κ2) is 17.3. The zero-order valence-corrected chi connectivity index (χ0v) is 23.4. The zero-order valence-electron chi connectivity index (χ0n) is 20.8. The van der Waals surface area contributed by atoms with Crippen LogP contribution in [-0.2, 0) is 24.8 Å². The van der Waals surface area contributed by atoms with Crippen LogP contribution in [0.5, 0.6) is 0 Å². The Kier molecular flexibility index (Phi) is 19.6. The average molecular weight is 545 g/mol. The van der Waals surface area contributed by atoms with Crippen LogP contribution in [0.1, 0.15) is 54.4 Å². The Labute approximate surface area is 200 Å². The second-order valence-electron chi connectivity index (χ2n) is 7.78. The third-order valence-electron chi connectivity index (χ3n) is 6.09. The van der Waals surface area contributed by atoms with Crippen molar-refractivity contribution >= 4 is 28.1 Å². The predicted molar refractivity (Wildman–Crippen MR) is 125 cm³/mol. The van der Waals surface area contributed by atoms with Crippen LogP contribution in [0.3, 0.4) is 0 Å². The van der Waals surface area contributed by atoms with Crippen molar-refractivity contribution in [2.24, 2.45) is 0 Å². The maximum absolute atomic E-state index is 10.5. The van der Waals surface area contributed by atoms with Crippen LogP contribution in [0.4, 0.5) is 0 Å². The molecular formula is C18H45N2O10PS2. The van der Waals surface area contributed by atoms with Crippen molar-refractivity contribution < 1.29 is 54.2 Å². The van der Waals surface area contributed by atoms with Gasteiger partial charge in [0.2, 0.25) is 0 Å². The van der Waals surface area contributed by atoms with Crippen LogP contribution in [0.2, 0.25) is 0 Å². The maximum atomic E-state index is 10.5. The fraction of sp³-hybridized carbons (Fsp3) is 1.00. The van der Waals surface area contributed by atoms with Gasteiger partial charge in [0.15, 0.2) is 0 Å². The molecule has 0 aliphatic rings. The van der Waals surface area contributed by atoms with E-state index in [1.54, 1.807) is 0 Å². The summed E-state index contributed by atoms with van der Waals surface area (Å²) in [5, 5.41) is 0. The van der Waals surface area contributed by atoms with E-state index in [1.165, 1.54) is 0 Å². The summed E-state index contributed by atoms with van der Waals surface area (Å²) in [4.78, 5) is 24.3. The molecule has 0 bridgehead atoms. The molecule has 0 heterocycles. The number of hydrogen-bond acceptors (Lipinski definition) is 7. The minimum absolute atomic E-state index is 0.118. The Hall–Kier alpha value is -0.150. The third kappa shape index (κ3) is 24.8. The molecule has 0 amide bonds. The SMILES string of the molecule is CC[N+](CC)(CC)CCCS(=O)(=O)O.CC[N+](CC)(CC)CCCS(=O)(=O)O.O=P([O-])([O-])O. The molecule has 0 rings (SSSR count). The first-order chi connectivity index (χ1) is 14.8. The lowest BCUT2D eigenvalue weighted by atomic mass is 10.3.